The predicted octanol–water partition coefficient (Wildman–Crippen LogP) is 4.48. The second kappa shape index (κ2) is 7.31. The highest BCUT2D eigenvalue weighted by atomic mass is 16.5. The summed E-state index contributed by atoms with van der Waals surface area (Å²) in [7, 11) is 0. The number of hydrogen-bond donors (Lipinski definition) is 0. The first-order valence-corrected chi connectivity index (χ1v) is 8.41. The number of para-hydroxylation sites is 1. The number of hydrogen-bond acceptors (Lipinski definition) is 2. The molecule has 0 aliphatic carbocycles. The summed E-state index contributed by atoms with van der Waals surface area (Å²) in [5.74, 6) is 1.92. The Labute approximate surface area is 130 Å². The molecule has 0 aromatic heterocycles. The average molecular weight is 289 g/mol. The molecule has 0 saturated carbocycles. The molecule has 0 unspecified atom stereocenters. The number of benzene rings is 1. The molecule has 0 N–H and O–H groups in total. The van der Waals surface area contributed by atoms with Crippen LogP contribution in [0.25, 0.3) is 0 Å². The van der Waals surface area contributed by atoms with Crippen molar-refractivity contribution in [1.29, 1.82) is 0 Å². The molecule has 1 fully saturated rings. The van der Waals surface area contributed by atoms with Crippen LogP contribution in [0.1, 0.15) is 52.5 Å². The topological polar surface area (TPSA) is 12.5 Å². The van der Waals surface area contributed by atoms with Gasteiger partial charge >= 0.3 is 0 Å². The molecule has 0 radical (unpaired) electrons. The fraction of sp³-hybridized carbons (Fsp3) is 0.684. The van der Waals surface area contributed by atoms with E-state index in [4.69, 9.17) is 4.74 Å². The lowest BCUT2D eigenvalue weighted by molar-refractivity contribution is 0.169. The van der Waals surface area contributed by atoms with E-state index >= 15 is 0 Å². The second-order valence-corrected chi connectivity index (χ2v) is 7.50. The predicted molar refractivity (Wildman–Crippen MR) is 90.1 cm³/mol. The highest BCUT2D eigenvalue weighted by molar-refractivity contribution is 5.38. The van der Waals surface area contributed by atoms with Gasteiger partial charge in [-0.2, -0.15) is 0 Å². The molecule has 0 amide bonds. The van der Waals surface area contributed by atoms with Crippen molar-refractivity contribution in [3.8, 4) is 5.75 Å². The van der Waals surface area contributed by atoms with Crippen LogP contribution in [0.2, 0.25) is 0 Å². The van der Waals surface area contributed by atoms with Gasteiger partial charge in [-0.05, 0) is 48.8 Å². The van der Waals surface area contributed by atoms with E-state index in [0.29, 0.717) is 0 Å². The van der Waals surface area contributed by atoms with Gasteiger partial charge < -0.3 is 9.64 Å². The number of rotatable bonds is 5. The minimum Gasteiger partial charge on any atom is -0.493 e. The first-order valence-electron chi connectivity index (χ1n) is 8.41. The monoisotopic (exact) mass is 289 g/mol. The van der Waals surface area contributed by atoms with Crippen LogP contribution in [0.3, 0.4) is 0 Å². The van der Waals surface area contributed by atoms with Gasteiger partial charge in [0.15, 0.2) is 0 Å². The largest absolute Gasteiger partial charge is 0.493 e. The van der Waals surface area contributed by atoms with Crippen molar-refractivity contribution >= 4 is 0 Å². The van der Waals surface area contributed by atoms with Gasteiger partial charge in [0.25, 0.3) is 0 Å². The van der Waals surface area contributed by atoms with E-state index in [1.54, 1.807) is 0 Å². The molecule has 2 heteroatoms. The molecule has 1 atom stereocenters. The third kappa shape index (κ3) is 5.03. The molecule has 0 spiro atoms. The molecule has 1 saturated heterocycles. The highest BCUT2D eigenvalue weighted by Crippen LogP contribution is 2.30. The van der Waals surface area contributed by atoms with Gasteiger partial charge in [-0.25, -0.2) is 0 Å². The Bertz CT molecular complexity index is 435. The van der Waals surface area contributed by atoms with Gasteiger partial charge in [-0.15, -0.1) is 0 Å². The van der Waals surface area contributed by atoms with Crippen LogP contribution >= 0.6 is 0 Å². The minimum absolute atomic E-state index is 0.138. The van der Waals surface area contributed by atoms with Crippen LogP contribution in [0, 0.1) is 5.92 Å². The summed E-state index contributed by atoms with van der Waals surface area (Å²) < 4.78 is 6.05. The molecule has 2 nitrogen and oxygen atoms in total. The quantitative estimate of drug-likeness (QED) is 0.741. The Morgan fingerprint density at radius 3 is 2.71 bits per heavy atom. The summed E-state index contributed by atoms with van der Waals surface area (Å²) in [5.41, 5.74) is 1.44. The highest BCUT2D eigenvalue weighted by Gasteiger charge is 2.18. The lowest BCUT2D eigenvalue weighted by Crippen LogP contribution is -2.35. The number of nitrogens with zero attached hydrogens (tertiary/aromatic N) is 1. The molecule has 1 aliphatic heterocycles. The van der Waals surface area contributed by atoms with E-state index in [-0.39, 0.29) is 5.41 Å². The Hall–Kier alpha value is -1.02. The lowest BCUT2D eigenvalue weighted by atomic mass is 9.86. The third-order valence-corrected chi connectivity index (χ3v) is 4.31. The molecule has 21 heavy (non-hydrogen) atoms. The van der Waals surface area contributed by atoms with Crippen molar-refractivity contribution in [2.75, 3.05) is 26.2 Å². The maximum atomic E-state index is 6.05. The summed E-state index contributed by atoms with van der Waals surface area (Å²) in [6.45, 7) is 13.6. The molecule has 1 aromatic rings. The van der Waals surface area contributed by atoms with E-state index in [9.17, 15) is 0 Å². The van der Waals surface area contributed by atoms with Crippen molar-refractivity contribution in [3.05, 3.63) is 29.8 Å². The van der Waals surface area contributed by atoms with Crippen molar-refractivity contribution in [3.63, 3.8) is 0 Å². The summed E-state index contributed by atoms with van der Waals surface area (Å²) in [6, 6.07) is 8.45. The zero-order valence-electron chi connectivity index (χ0n) is 14.2. The van der Waals surface area contributed by atoms with E-state index in [2.05, 4.69) is 56.9 Å². The normalized spacial score (nSPS) is 20.5. The summed E-state index contributed by atoms with van der Waals surface area (Å²) in [4.78, 5) is 2.59. The van der Waals surface area contributed by atoms with E-state index in [0.717, 1.165) is 24.7 Å². The first-order chi connectivity index (χ1) is 9.97. The molecular formula is C19H31NO. The standard InChI is InChI=1S/C19H31NO/c1-16-9-7-12-20(15-16)13-8-14-21-18-11-6-5-10-17(18)19(2,3)4/h5-6,10-11,16H,7-9,12-15H2,1-4H3/t16-/m1/s1. The first kappa shape index (κ1) is 16.4. The molecule has 1 aromatic carbocycles. The van der Waals surface area contributed by atoms with Gasteiger partial charge in [-0.3, -0.25) is 0 Å². The number of ether oxygens (including phenoxy) is 1. The lowest BCUT2D eigenvalue weighted by Gasteiger charge is -2.30. The number of piperidine rings is 1. The maximum absolute atomic E-state index is 6.05. The van der Waals surface area contributed by atoms with Crippen LogP contribution in [0.4, 0.5) is 0 Å². The van der Waals surface area contributed by atoms with Gasteiger partial charge in [0, 0.05) is 13.1 Å². The van der Waals surface area contributed by atoms with Crippen LogP contribution in [0.15, 0.2) is 24.3 Å². The van der Waals surface area contributed by atoms with Crippen LogP contribution < -0.4 is 4.74 Å². The zero-order chi connectivity index (χ0) is 15.3. The van der Waals surface area contributed by atoms with Crippen molar-refractivity contribution in [2.45, 2.75) is 52.4 Å². The Morgan fingerprint density at radius 2 is 2.00 bits per heavy atom. The van der Waals surface area contributed by atoms with Crippen molar-refractivity contribution in [2.24, 2.45) is 5.92 Å². The third-order valence-electron chi connectivity index (χ3n) is 4.31. The van der Waals surface area contributed by atoms with Crippen LogP contribution in [-0.4, -0.2) is 31.1 Å². The van der Waals surface area contributed by atoms with E-state index < -0.39 is 0 Å². The Balaban J connectivity index is 1.79. The number of likely N-dealkylation sites (tertiary alicyclic amines) is 1. The van der Waals surface area contributed by atoms with Gasteiger partial charge in [0.05, 0.1) is 6.61 Å². The Kier molecular flexibility index (Phi) is 5.69. The SMILES string of the molecule is C[C@@H]1CCCN(CCCOc2ccccc2C(C)(C)C)C1. The molecule has 0 bridgehead atoms. The van der Waals surface area contributed by atoms with Gasteiger partial charge in [0.2, 0.25) is 0 Å². The molecular weight excluding hydrogens is 258 g/mol. The second-order valence-electron chi connectivity index (χ2n) is 7.50. The fourth-order valence-electron chi connectivity index (χ4n) is 3.17. The van der Waals surface area contributed by atoms with Crippen molar-refractivity contribution in [1.82, 2.24) is 4.90 Å². The summed E-state index contributed by atoms with van der Waals surface area (Å²) >= 11 is 0. The van der Waals surface area contributed by atoms with Crippen molar-refractivity contribution < 1.29 is 4.74 Å². The molecule has 118 valence electrons. The molecule has 1 aliphatic rings. The average Bonchev–Trinajstić information content (AvgIpc) is 2.43. The van der Waals surface area contributed by atoms with E-state index in [1.807, 2.05) is 0 Å². The Morgan fingerprint density at radius 1 is 1.24 bits per heavy atom. The minimum atomic E-state index is 0.138. The smallest absolute Gasteiger partial charge is 0.123 e. The van der Waals surface area contributed by atoms with Crippen LogP contribution in [-0.2, 0) is 5.41 Å². The van der Waals surface area contributed by atoms with Gasteiger partial charge in [-0.1, -0.05) is 45.9 Å². The molecule has 1 heterocycles. The molecule has 2 rings (SSSR count). The summed E-state index contributed by atoms with van der Waals surface area (Å²) in [6.07, 6.45) is 3.87. The maximum Gasteiger partial charge on any atom is 0.123 e. The van der Waals surface area contributed by atoms with Gasteiger partial charge in [0.1, 0.15) is 5.75 Å². The van der Waals surface area contributed by atoms with Crippen LogP contribution in [0.5, 0.6) is 5.75 Å². The fourth-order valence-corrected chi connectivity index (χ4v) is 3.17. The summed E-state index contributed by atoms with van der Waals surface area (Å²) in [5, 5.41) is 0. The van der Waals surface area contributed by atoms with E-state index in [1.165, 1.54) is 38.0 Å². The zero-order valence-corrected chi connectivity index (χ0v) is 14.2.